The molecule has 1 aromatic rings. The van der Waals surface area contributed by atoms with Crippen LogP contribution in [0.5, 0.6) is 0 Å². The van der Waals surface area contributed by atoms with E-state index in [1.165, 1.54) is 29.7 Å². The van der Waals surface area contributed by atoms with Gasteiger partial charge < -0.3 is 10.6 Å². The van der Waals surface area contributed by atoms with E-state index >= 15 is 0 Å². The largest absolute Gasteiger partial charge is 0.371 e. The van der Waals surface area contributed by atoms with Crippen LogP contribution < -0.4 is 10.6 Å². The van der Waals surface area contributed by atoms with Crippen LogP contribution in [-0.2, 0) is 6.42 Å². The Bertz CT molecular complexity index is 383. The van der Waals surface area contributed by atoms with Crippen LogP contribution in [0.1, 0.15) is 30.9 Å². The molecule has 94 valence electrons. The number of rotatable bonds is 5. The Hall–Kier alpha value is -1.02. The quantitative estimate of drug-likeness (QED) is 0.846. The maximum absolute atomic E-state index is 5.71. The molecule has 0 saturated heterocycles. The second kappa shape index (κ2) is 5.09. The summed E-state index contributed by atoms with van der Waals surface area (Å²) >= 11 is 0. The molecular weight excluding hydrogens is 208 g/mol. The van der Waals surface area contributed by atoms with E-state index in [1.54, 1.807) is 0 Å². The second-order valence-electron chi connectivity index (χ2n) is 5.36. The topological polar surface area (TPSA) is 29.3 Å². The minimum absolute atomic E-state index is 0.647. The molecule has 0 bridgehead atoms. The summed E-state index contributed by atoms with van der Waals surface area (Å²) in [4.78, 5) is 2.43. The maximum Gasteiger partial charge on any atom is 0.0399 e. The molecule has 1 atom stereocenters. The monoisotopic (exact) mass is 232 g/mol. The van der Waals surface area contributed by atoms with Gasteiger partial charge in [-0.2, -0.15) is 0 Å². The number of benzene rings is 1. The molecule has 1 unspecified atom stereocenters. The van der Waals surface area contributed by atoms with Gasteiger partial charge in [0.05, 0.1) is 0 Å². The SMILES string of the molecule is Cc1ccc(N(C)C(C)C2CC2)c(CCN)c1. The van der Waals surface area contributed by atoms with E-state index in [1.807, 2.05) is 0 Å². The molecule has 2 heteroatoms. The summed E-state index contributed by atoms with van der Waals surface area (Å²) in [5.41, 5.74) is 9.79. The van der Waals surface area contributed by atoms with Crippen molar-refractivity contribution < 1.29 is 0 Å². The van der Waals surface area contributed by atoms with Crippen LogP contribution in [0.2, 0.25) is 0 Å². The Balaban J connectivity index is 2.22. The molecule has 2 rings (SSSR count). The second-order valence-corrected chi connectivity index (χ2v) is 5.36. The van der Waals surface area contributed by atoms with Gasteiger partial charge in [-0.3, -0.25) is 0 Å². The first kappa shape index (κ1) is 12.4. The smallest absolute Gasteiger partial charge is 0.0399 e. The van der Waals surface area contributed by atoms with Crippen molar-refractivity contribution in [2.24, 2.45) is 11.7 Å². The minimum atomic E-state index is 0.647. The lowest BCUT2D eigenvalue weighted by Gasteiger charge is -2.29. The Morgan fingerprint density at radius 2 is 2.12 bits per heavy atom. The predicted octanol–water partition coefficient (Wildman–Crippen LogP) is 2.73. The van der Waals surface area contributed by atoms with Crippen molar-refractivity contribution in [2.75, 3.05) is 18.5 Å². The third kappa shape index (κ3) is 2.81. The maximum atomic E-state index is 5.71. The van der Waals surface area contributed by atoms with Gasteiger partial charge in [-0.05, 0) is 57.2 Å². The van der Waals surface area contributed by atoms with Gasteiger partial charge in [0.25, 0.3) is 0 Å². The molecule has 1 aliphatic rings. The molecule has 0 aliphatic heterocycles. The van der Waals surface area contributed by atoms with Gasteiger partial charge in [0.2, 0.25) is 0 Å². The first-order chi connectivity index (χ1) is 8.13. The third-order valence-electron chi connectivity index (χ3n) is 3.94. The number of aryl methyl sites for hydroxylation is 1. The lowest BCUT2D eigenvalue weighted by Crippen LogP contribution is -2.31. The molecular formula is C15H24N2. The van der Waals surface area contributed by atoms with Crippen molar-refractivity contribution in [3.8, 4) is 0 Å². The number of nitrogens with two attached hydrogens (primary N) is 1. The van der Waals surface area contributed by atoms with Gasteiger partial charge in [0.1, 0.15) is 0 Å². The molecule has 2 N–H and O–H groups in total. The van der Waals surface area contributed by atoms with E-state index in [4.69, 9.17) is 5.73 Å². The van der Waals surface area contributed by atoms with Crippen molar-refractivity contribution in [2.45, 2.75) is 39.2 Å². The zero-order valence-electron chi connectivity index (χ0n) is 11.2. The molecule has 0 amide bonds. The van der Waals surface area contributed by atoms with Crippen molar-refractivity contribution >= 4 is 5.69 Å². The van der Waals surface area contributed by atoms with Gasteiger partial charge >= 0.3 is 0 Å². The summed E-state index contributed by atoms with van der Waals surface area (Å²) in [5, 5.41) is 0. The van der Waals surface area contributed by atoms with Crippen LogP contribution in [0.25, 0.3) is 0 Å². The molecule has 0 spiro atoms. The Labute approximate surface area is 105 Å². The van der Waals surface area contributed by atoms with Crippen molar-refractivity contribution in [3.63, 3.8) is 0 Å². The van der Waals surface area contributed by atoms with Gasteiger partial charge in [-0.15, -0.1) is 0 Å². The fourth-order valence-electron chi connectivity index (χ4n) is 2.53. The fraction of sp³-hybridized carbons (Fsp3) is 0.600. The molecule has 1 aromatic carbocycles. The van der Waals surface area contributed by atoms with Crippen molar-refractivity contribution in [3.05, 3.63) is 29.3 Å². The Morgan fingerprint density at radius 3 is 2.71 bits per heavy atom. The van der Waals surface area contributed by atoms with E-state index in [0.717, 1.165) is 18.9 Å². The van der Waals surface area contributed by atoms with Crippen LogP contribution >= 0.6 is 0 Å². The van der Waals surface area contributed by atoms with E-state index in [-0.39, 0.29) is 0 Å². The minimum Gasteiger partial charge on any atom is -0.371 e. The fourth-order valence-corrected chi connectivity index (χ4v) is 2.53. The van der Waals surface area contributed by atoms with E-state index in [9.17, 15) is 0 Å². The van der Waals surface area contributed by atoms with Crippen LogP contribution in [0.4, 0.5) is 5.69 Å². The van der Waals surface area contributed by atoms with Crippen LogP contribution in [0.15, 0.2) is 18.2 Å². The summed E-state index contributed by atoms with van der Waals surface area (Å²) in [6.45, 7) is 5.21. The number of anilines is 1. The summed E-state index contributed by atoms with van der Waals surface area (Å²) in [5.74, 6) is 0.895. The predicted molar refractivity (Wildman–Crippen MR) is 74.5 cm³/mol. The first-order valence-electron chi connectivity index (χ1n) is 6.66. The van der Waals surface area contributed by atoms with Gasteiger partial charge in [-0.25, -0.2) is 0 Å². The average Bonchev–Trinajstić information content (AvgIpc) is 3.12. The van der Waals surface area contributed by atoms with Gasteiger partial charge in [-0.1, -0.05) is 17.7 Å². The molecule has 17 heavy (non-hydrogen) atoms. The molecule has 2 nitrogen and oxygen atoms in total. The van der Waals surface area contributed by atoms with Gasteiger partial charge in [0, 0.05) is 18.8 Å². The third-order valence-corrected chi connectivity index (χ3v) is 3.94. The molecule has 0 aromatic heterocycles. The highest BCUT2D eigenvalue weighted by Gasteiger charge is 2.31. The molecule has 0 heterocycles. The standard InChI is InChI=1S/C15H24N2/c1-11-4-7-15(14(10-11)8-9-16)17(3)12(2)13-5-6-13/h4,7,10,12-13H,5-6,8-9,16H2,1-3H3. The zero-order valence-corrected chi connectivity index (χ0v) is 11.2. The number of hydrogen-bond acceptors (Lipinski definition) is 2. The molecule has 1 saturated carbocycles. The van der Waals surface area contributed by atoms with Crippen molar-refractivity contribution in [1.82, 2.24) is 0 Å². The van der Waals surface area contributed by atoms with Crippen LogP contribution in [-0.4, -0.2) is 19.6 Å². The average molecular weight is 232 g/mol. The van der Waals surface area contributed by atoms with E-state index < -0.39 is 0 Å². The summed E-state index contributed by atoms with van der Waals surface area (Å²) in [7, 11) is 2.22. The number of nitrogens with zero attached hydrogens (tertiary/aromatic N) is 1. The van der Waals surface area contributed by atoms with E-state index in [2.05, 4.69) is 44.0 Å². The summed E-state index contributed by atoms with van der Waals surface area (Å²) < 4.78 is 0. The van der Waals surface area contributed by atoms with Crippen LogP contribution in [0, 0.1) is 12.8 Å². The van der Waals surface area contributed by atoms with Crippen LogP contribution in [0.3, 0.4) is 0 Å². The summed E-state index contributed by atoms with van der Waals surface area (Å²) in [6.07, 6.45) is 3.76. The zero-order chi connectivity index (χ0) is 12.4. The van der Waals surface area contributed by atoms with Gasteiger partial charge in [0.15, 0.2) is 0 Å². The number of hydrogen-bond donors (Lipinski definition) is 1. The normalized spacial score (nSPS) is 16.9. The highest BCUT2D eigenvalue weighted by atomic mass is 15.1. The van der Waals surface area contributed by atoms with E-state index in [0.29, 0.717) is 6.04 Å². The highest BCUT2D eigenvalue weighted by molar-refractivity contribution is 5.55. The molecule has 1 fully saturated rings. The summed E-state index contributed by atoms with van der Waals surface area (Å²) in [6, 6.07) is 7.37. The first-order valence-corrected chi connectivity index (χ1v) is 6.66. The lowest BCUT2D eigenvalue weighted by atomic mass is 10.0. The Kier molecular flexibility index (Phi) is 3.72. The highest BCUT2D eigenvalue weighted by Crippen LogP contribution is 2.37. The lowest BCUT2D eigenvalue weighted by molar-refractivity contribution is 0.607. The molecule has 1 aliphatic carbocycles. The molecule has 0 radical (unpaired) electrons. The Morgan fingerprint density at radius 1 is 1.41 bits per heavy atom. The van der Waals surface area contributed by atoms with Crippen molar-refractivity contribution in [1.29, 1.82) is 0 Å².